The molecule has 1 aromatic heterocycles. The molecule has 3 heteroatoms. The van der Waals surface area contributed by atoms with Gasteiger partial charge in [0.2, 0.25) is 0 Å². The molecular formula is C13H16N2O. The summed E-state index contributed by atoms with van der Waals surface area (Å²) in [7, 11) is 3.90. The molecule has 84 valence electrons. The first-order chi connectivity index (χ1) is 7.68. The Morgan fingerprint density at radius 2 is 2.12 bits per heavy atom. The molecule has 1 aromatic carbocycles. The largest absolute Gasteiger partial charge is 0.387 e. The summed E-state index contributed by atoms with van der Waals surface area (Å²) < 4.78 is 0. The molecule has 0 spiro atoms. The molecule has 0 amide bonds. The van der Waals surface area contributed by atoms with E-state index in [9.17, 15) is 5.11 Å². The Morgan fingerprint density at radius 1 is 1.31 bits per heavy atom. The van der Waals surface area contributed by atoms with Crippen LogP contribution in [0.5, 0.6) is 0 Å². The van der Waals surface area contributed by atoms with Crippen molar-refractivity contribution in [3.8, 4) is 0 Å². The smallest absolute Gasteiger partial charge is 0.0923 e. The number of aromatic nitrogens is 1. The lowest BCUT2D eigenvalue weighted by atomic mass is 10.0. The summed E-state index contributed by atoms with van der Waals surface area (Å²) in [6.07, 6.45) is 3.11. The van der Waals surface area contributed by atoms with Gasteiger partial charge >= 0.3 is 0 Å². The molecule has 0 bridgehead atoms. The number of likely N-dealkylation sites (N-methyl/N-ethyl adjacent to an activating group) is 1. The monoisotopic (exact) mass is 216 g/mol. The molecular weight excluding hydrogens is 200 g/mol. The highest BCUT2D eigenvalue weighted by Crippen LogP contribution is 2.23. The second kappa shape index (κ2) is 4.60. The highest BCUT2D eigenvalue weighted by Gasteiger charge is 2.11. The summed E-state index contributed by atoms with van der Waals surface area (Å²) >= 11 is 0. The van der Waals surface area contributed by atoms with E-state index in [0.717, 1.165) is 16.3 Å². The Kier molecular flexibility index (Phi) is 3.17. The van der Waals surface area contributed by atoms with Crippen LogP contribution in [-0.4, -0.2) is 35.6 Å². The molecule has 0 aliphatic carbocycles. The van der Waals surface area contributed by atoms with E-state index in [1.807, 2.05) is 49.5 Å². The third-order valence-corrected chi connectivity index (χ3v) is 2.61. The predicted molar refractivity (Wildman–Crippen MR) is 65.3 cm³/mol. The Hall–Kier alpha value is -1.45. The number of pyridine rings is 1. The maximum atomic E-state index is 10.1. The molecule has 1 unspecified atom stereocenters. The fourth-order valence-corrected chi connectivity index (χ4v) is 1.87. The van der Waals surface area contributed by atoms with E-state index in [2.05, 4.69) is 4.98 Å². The van der Waals surface area contributed by atoms with Crippen LogP contribution in [0, 0.1) is 0 Å². The van der Waals surface area contributed by atoms with E-state index in [4.69, 9.17) is 0 Å². The Morgan fingerprint density at radius 3 is 2.88 bits per heavy atom. The molecule has 1 N–H and O–H groups in total. The van der Waals surface area contributed by atoms with Gasteiger partial charge in [-0.2, -0.15) is 0 Å². The number of hydrogen-bond donors (Lipinski definition) is 1. The van der Waals surface area contributed by atoms with E-state index < -0.39 is 6.10 Å². The molecule has 0 fully saturated rings. The molecule has 0 aliphatic heterocycles. The lowest BCUT2D eigenvalue weighted by Crippen LogP contribution is -2.20. The average Bonchev–Trinajstić information content (AvgIpc) is 2.27. The fourth-order valence-electron chi connectivity index (χ4n) is 1.87. The Bertz CT molecular complexity index is 477. The van der Waals surface area contributed by atoms with Crippen molar-refractivity contribution in [3.05, 3.63) is 42.2 Å². The lowest BCUT2D eigenvalue weighted by Gasteiger charge is -2.17. The SMILES string of the molecule is CN(C)CC(O)c1cccc2ccncc12. The molecule has 3 nitrogen and oxygen atoms in total. The number of aliphatic hydroxyl groups excluding tert-OH is 1. The number of hydrogen-bond acceptors (Lipinski definition) is 3. The van der Waals surface area contributed by atoms with Crippen LogP contribution in [0.2, 0.25) is 0 Å². The summed E-state index contributed by atoms with van der Waals surface area (Å²) in [5, 5.41) is 12.3. The summed E-state index contributed by atoms with van der Waals surface area (Å²) in [4.78, 5) is 6.08. The van der Waals surface area contributed by atoms with Crippen molar-refractivity contribution in [2.24, 2.45) is 0 Å². The van der Waals surface area contributed by atoms with Gasteiger partial charge in [-0.25, -0.2) is 0 Å². The van der Waals surface area contributed by atoms with Gasteiger partial charge in [0.15, 0.2) is 0 Å². The summed E-state index contributed by atoms with van der Waals surface area (Å²) in [5.74, 6) is 0. The zero-order valence-corrected chi connectivity index (χ0v) is 9.59. The molecule has 16 heavy (non-hydrogen) atoms. The van der Waals surface area contributed by atoms with E-state index in [1.54, 1.807) is 6.20 Å². The number of fused-ring (bicyclic) bond motifs is 1. The Balaban J connectivity index is 2.44. The van der Waals surface area contributed by atoms with Crippen LogP contribution in [0.1, 0.15) is 11.7 Å². The van der Waals surface area contributed by atoms with Crippen LogP contribution in [-0.2, 0) is 0 Å². The van der Waals surface area contributed by atoms with Gasteiger partial charge in [0.25, 0.3) is 0 Å². The summed E-state index contributed by atoms with van der Waals surface area (Å²) in [6, 6.07) is 7.92. The van der Waals surface area contributed by atoms with E-state index in [1.165, 1.54) is 0 Å². The van der Waals surface area contributed by atoms with Crippen molar-refractivity contribution < 1.29 is 5.11 Å². The normalized spacial score (nSPS) is 13.2. The van der Waals surface area contributed by atoms with Gasteiger partial charge < -0.3 is 10.0 Å². The fraction of sp³-hybridized carbons (Fsp3) is 0.308. The number of rotatable bonds is 3. The van der Waals surface area contributed by atoms with Gasteiger partial charge in [-0.15, -0.1) is 0 Å². The van der Waals surface area contributed by atoms with Crippen LogP contribution in [0.15, 0.2) is 36.7 Å². The van der Waals surface area contributed by atoms with Crippen molar-refractivity contribution in [1.29, 1.82) is 0 Å². The van der Waals surface area contributed by atoms with Crippen LogP contribution in [0.4, 0.5) is 0 Å². The van der Waals surface area contributed by atoms with Crippen LogP contribution < -0.4 is 0 Å². The van der Waals surface area contributed by atoms with Crippen LogP contribution in [0.3, 0.4) is 0 Å². The van der Waals surface area contributed by atoms with Crippen LogP contribution >= 0.6 is 0 Å². The molecule has 0 radical (unpaired) electrons. The summed E-state index contributed by atoms with van der Waals surface area (Å²) in [6.45, 7) is 0.619. The standard InChI is InChI=1S/C13H16N2O/c1-15(2)9-13(16)11-5-3-4-10-6-7-14-8-12(10)11/h3-8,13,16H,9H2,1-2H3. The first-order valence-electron chi connectivity index (χ1n) is 5.34. The second-order valence-corrected chi connectivity index (χ2v) is 4.22. The summed E-state index contributed by atoms with van der Waals surface area (Å²) in [5.41, 5.74) is 0.944. The third kappa shape index (κ3) is 2.21. The molecule has 0 aliphatic rings. The number of benzene rings is 1. The number of aliphatic hydroxyl groups is 1. The highest BCUT2D eigenvalue weighted by molar-refractivity contribution is 5.85. The molecule has 0 saturated heterocycles. The minimum absolute atomic E-state index is 0.470. The highest BCUT2D eigenvalue weighted by atomic mass is 16.3. The van der Waals surface area contributed by atoms with Gasteiger partial charge in [0.05, 0.1) is 6.10 Å². The van der Waals surface area contributed by atoms with E-state index in [-0.39, 0.29) is 0 Å². The minimum Gasteiger partial charge on any atom is -0.387 e. The van der Waals surface area contributed by atoms with E-state index in [0.29, 0.717) is 6.54 Å². The molecule has 2 aromatic rings. The van der Waals surface area contributed by atoms with Crippen molar-refractivity contribution in [2.45, 2.75) is 6.10 Å². The van der Waals surface area contributed by atoms with Crippen LogP contribution in [0.25, 0.3) is 10.8 Å². The van der Waals surface area contributed by atoms with E-state index >= 15 is 0 Å². The third-order valence-electron chi connectivity index (χ3n) is 2.61. The van der Waals surface area contributed by atoms with Crippen molar-refractivity contribution >= 4 is 10.8 Å². The topological polar surface area (TPSA) is 36.4 Å². The molecule has 1 atom stereocenters. The van der Waals surface area contributed by atoms with Crippen molar-refractivity contribution in [2.75, 3.05) is 20.6 Å². The average molecular weight is 216 g/mol. The first-order valence-corrected chi connectivity index (χ1v) is 5.34. The van der Waals surface area contributed by atoms with Gasteiger partial charge in [-0.1, -0.05) is 18.2 Å². The lowest BCUT2D eigenvalue weighted by molar-refractivity contribution is 0.139. The van der Waals surface area contributed by atoms with Gasteiger partial charge in [-0.3, -0.25) is 4.98 Å². The Labute approximate surface area is 95.3 Å². The first kappa shape index (κ1) is 11.0. The predicted octanol–water partition coefficient (Wildman–Crippen LogP) is 1.83. The maximum absolute atomic E-state index is 10.1. The minimum atomic E-state index is -0.470. The maximum Gasteiger partial charge on any atom is 0.0923 e. The molecule has 0 saturated carbocycles. The van der Waals surface area contributed by atoms with Crippen molar-refractivity contribution in [3.63, 3.8) is 0 Å². The zero-order chi connectivity index (χ0) is 11.5. The quantitative estimate of drug-likeness (QED) is 0.850. The molecule has 1 heterocycles. The van der Waals surface area contributed by atoms with Gasteiger partial charge in [0.1, 0.15) is 0 Å². The van der Waals surface area contributed by atoms with Gasteiger partial charge in [-0.05, 0) is 31.1 Å². The second-order valence-electron chi connectivity index (χ2n) is 4.22. The van der Waals surface area contributed by atoms with Crippen molar-refractivity contribution in [1.82, 2.24) is 9.88 Å². The molecule has 2 rings (SSSR count). The number of nitrogens with zero attached hydrogens (tertiary/aromatic N) is 2. The van der Waals surface area contributed by atoms with Gasteiger partial charge in [0, 0.05) is 24.3 Å². The zero-order valence-electron chi connectivity index (χ0n) is 9.59.